The Morgan fingerprint density at radius 1 is 1.14 bits per heavy atom. The van der Waals surface area contributed by atoms with Crippen LogP contribution in [0.3, 0.4) is 0 Å². The maximum atomic E-state index is 12.9. The summed E-state index contributed by atoms with van der Waals surface area (Å²) in [5, 5.41) is 13.5. The van der Waals surface area contributed by atoms with Gasteiger partial charge in [0.2, 0.25) is 5.88 Å². The minimum Gasteiger partial charge on any atom is -0.476 e. The Morgan fingerprint density at radius 3 is 2.93 bits per heavy atom. The maximum absolute atomic E-state index is 12.9. The first kappa shape index (κ1) is 16.8. The highest BCUT2D eigenvalue weighted by Gasteiger charge is 2.22. The van der Waals surface area contributed by atoms with E-state index in [1.807, 2.05) is 6.07 Å². The van der Waals surface area contributed by atoms with E-state index in [1.54, 1.807) is 40.9 Å². The second kappa shape index (κ2) is 6.09. The first-order chi connectivity index (χ1) is 13.5. The standard InChI is InChI=1S/C17H17N7O3S/c1-22-16-12(8-18-22)4-2-5-14(16)21-28(25,26)13-9-19-24(11-13)15-10-20-23-6-3-7-27-17(15)23/h2,4-5,8-11,21H,3,6-7H2,1H3. The normalized spacial score (nSPS) is 14.0. The summed E-state index contributed by atoms with van der Waals surface area (Å²) in [6.07, 6.45) is 6.94. The van der Waals surface area contributed by atoms with Crippen molar-refractivity contribution in [3.63, 3.8) is 0 Å². The molecule has 0 saturated heterocycles. The molecule has 0 aliphatic carbocycles. The van der Waals surface area contributed by atoms with Crippen LogP contribution in [-0.4, -0.2) is 44.4 Å². The lowest BCUT2D eigenvalue weighted by molar-refractivity contribution is 0.229. The van der Waals surface area contributed by atoms with Gasteiger partial charge >= 0.3 is 0 Å². The number of aryl methyl sites for hydroxylation is 2. The van der Waals surface area contributed by atoms with Crippen molar-refractivity contribution in [1.82, 2.24) is 29.3 Å². The number of rotatable bonds is 4. The summed E-state index contributed by atoms with van der Waals surface area (Å²) in [6.45, 7) is 1.36. The van der Waals surface area contributed by atoms with Gasteiger partial charge in [-0.25, -0.2) is 17.8 Å². The third kappa shape index (κ3) is 2.62. The molecular weight excluding hydrogens is 382 g/mol. The van der Waals surface area contributed by atoms with Crippen LogP contribution in [0.25, 0.3) is 16.6 Å². The van der Waals surface area contributed by atoms with Crippen LogP contribution in [0, 0.1) is 0 Å². The van der Waals surface area contributed by atoms with E-state index >= 15 is 0 Å². The van der Waals surface area contributed by atoms with Gasteiger partial charge < -0.3 is 4.74 Å². The molecule has 3 aromatic heterocycles. The second-order valence-corrected chi connectivity index (χ2v) is 8.18. The maximum Gasteiger partial charge on any atom is 0.265 e. The van der Waals surface area contributed by atoms with Crippen LogP contribution in [0.15, 0.2) is 47.9 Å². The first-order valence-corrected chi connectivity index (χ1v) is 10.2. The van der Waals surface area contributed by atoms with Crippen LogP contribution >= 0.6 is 0 Å². The van der Waals surface area contributed by atoms with Gasteiger partial charge in [-0.2, -0.15) is 15.3 Å². The van der Waals surface area contributed by atoms with Crippen molar-refractivity contribution in [3.05, 3.63) is 43.0 Å². The molecule has 0 unspecified atom stereocenters. The van der Waals surface area contributed by atoms with Crippen LogP contribution in [-0.2, 0) is 23.6 Å². The molecule has 0 atom stereocenters. The molecule has 11 heteroatoms. The minimum absolute atomic E-state index is 0.0439. The van der Waals surface area contributed by atoms with E-state index in [4.69, 9.17) is 4.74 Å². The topological polar surface area (TPSA) is 109 Å². The third-order valence-electron chi connectivity index (χ3n) is 4.65. The number of fused-ring (bicyclic) bond motifs is 2. The number of aromatic nitrogens is 6. The predicted molar refractivity (Wildman–Crippen MR) is 101 cm³/mol. The molecule has 0 saturated carbocycles. The number of nitrogens with zero attached hydrogens (tertiary/aromatic N) is 6. The molecule has 0 fully saturated rings. The average molecular weight is 399 g/mol. The molecule has 10 nitrogen and oxygen atoms in total. The zero-order valence-corrected chi connectivity index (χ0v) is 15.8. The van der Waals surface area contributed by atoms with Crippen LogP contribution in [0.5, 0.6) is 5.88 Å². The van der Waals surface area contributed by atoms with E-state index < -0.39 is 10.0 Å². The van der Waals surface area contributed by atoms with Crippen LogP contribution in [0.4, 0.5) is 5.69 Å². The summed E-state index contributed by atoms with van der Waals surface area (Å²) in [5.41, 5.74) is 1.77. The van der Waals surface area contributed by atoms with E-state index in [9.17, 15) is 8.42 Å². The number of hydrogen-bond acceptors (Lipinski definition) is 6. The molecule has 4 heterocycles. The number of benzene rings is 1. The fraction of sp³-hybridized carbons (Fsp3) is 0.235. The van der Waals surface area contributed by atoms with Gasteiger partial charge in [0.05, 0.1) is 42.6 Å². The van der Waals surface area contributed by atoms with Gasteiger partial charge in [-0.3, -0.25) is 9.40 Å². The van der Waals surface area contributed by atoms with Gasteiger partial charge in [-0.15, -0.1) is 0 Å². The molecule has 0 radical (unpaired) electrons. The molecule has 0 amide bonds. The summed E-state index contributed by atoms with van der Waals surface area (Å²) >= 11 is 0. The average Bonchev–Trinajstić information content (AvgIpc) is 3.40. The van der Waals surface area contributed by atoms with Crippen LogP contribution in [0.1, 0.15) is 6.42 Å². The van der Waals surface area contributed by atoms with Crippen molar-refractivity contribution in [2.24, 2.45) is 7.05 Å². The number of ether oxygens (including phenoxy) is 1. The van der Waals surface area contributed by atoms with Gasteiger partial charge in [-0.05, 0) is 6.07 Å². The van der Waals surface area contributed by atoms with E-state index in [1.165, 1.54) is 17.1 Å². The minimum atomic E-state index is -3.83. The Kier molecular flexibility index (Phi) is 3.66. The van der Waals surface area contributed by atoms with Gasteiger partial charge in [0.15, 0.2) is 0 Å². The van der Waals surface area contributed by atoms with Crippen molar-refractivity contribution in [2.45, 2.75) is 17.9 Å². The molecule has 144 valence electrons. The Bertz CT molecular complexity index is 1290. The summed E-state index contributed by atoms with van der Waals surface area (Å²) in [5.74, 6) is 0.589. The lowest BCUT2D eigenvalue weighted by Gasteiger charge is -2.15. The largest absolute Gasteiger partial charge is 0.476 e. The van der Waals surface area contributed by atoms with Gasteiger partial charge in [0.25, 0.3) is 10.0 Å². The first-order valence-electron chi connectivity index (χ1n) is 8.70. The van der Waals surface area contributed by atoms with Crippen molar-refractivity contribution in [1.29, 1.82) is 0 Å². The summed E-state index contributed by atoms with van der Waals surface area (Å²) in [7, 11) is -2.07. The summed E-state index contributed by atoms with van der Waals surface area (Å²) < 4.78 is 38.9. The zero-order chi connectivity index (χ0) is 19.3. The fourth-order valence-corrected chi connectivity index (χ4v) is 4.31. The fourth-order valence-electron chi connectivity index (χ4n) is 3.31. The Morgan fingerprint density at radius 2 is 2.04 bits per heavy atom. The lowest BCUT2D eigenvalue weighted by Crippen LogP contribution is -2.15. The molecule has 1 aromatic carbocycles. The molecule has 1 N–H and O–H groups in total. The molecule has 28 heavy (non-hydrogen) atoms. The Labute approximate surface area is 160 Å². The number of sulfonamides is 1. The van der Waals surface area contributed by atoms with Gasteiger partial charge in [0.1, 0.15) is 10.6 Å². The van der Waals surface area contributed by atoms with Crippen molar-refractivity contribution in [3.8, 4) is 11.6 Å². The summed E-state index contributed by atoms with van der Waals surface area (Å²) in [6, 6.07) is 5.36. The van der Waals surface area contributed by atoms with E-state index in [-0.39, 0.29) is 4.90 Å². The third-order valence-corrected chi connectivity index (χ3v) is 5.97. The highest BCUT2D eigenvalue weighted by molar-refractivity contribution is 7.92. The highest BCUT2D eigenvalue weighted by Crippen LogP contribution is 2.28. The second-order valence-electron chi connectivity index (χ2n) is 6.50. The van der Waals surface area contributed by atoms with Gasteiger partial charge in [-0.1, -0.05) is 12.1 Å². The number of para-hydroxylation sites is 1. The monoisotopic (exact) mass is 399 g/mol. The van der Waals surface area contributed by atoms with Crippen LogP contribution in [0.2, 0.25) is 0 Å². The Hall–Kier alpha value is -3.34. The predicted octanol–water partition coefficient (Wildman–Crippen LogP) is 1.54. The zero-order valence-electron chi connectivity index (χ0n) is 15.0. The van der Waals surface area contributed by atoms with E-state index in [2.05, 4.69) is 20.0 Å². The molecule has 0 spiro atoms. The molecule has 1 aliphatic heterocycles. The SMILES string of the molecule is Cn1ncc2cccc(NS(=O)(=O)c3cnn(-c4cnn5c4OCCC5)c3)c21. The summed E-state index contributed by atoms with van der Waals surface area (Å²) in [4.78, 5) is 0.0439. The number of hydrogen-bond donors (Lipinski definition) is 1. The van der Waals surface area contributed by atoms with E-state index in [0.29, 0.717) is 29.4 Å². The molecule has 5 rings (SSSR count). The Balaban J connectivity index is 1.49. The molecule has 4 aromatic rings. The van der Waals surface area contributed by atoms with E-state index in [0.717, 1.165) is 18.4 Å². The van der Waals surface area contributed by atoms with Crippen molar-refractivity contribution < 1.29 is 13.2 Å². The van der Waals surface area contributed by atoms with Gasteiger partial charge in [0, 0.05) is 25.4 Å². The van der Waals surface area contributed by atoms with Crippen LogP contribution < -0.4 is 9.46 Å². The number of nitrogens with one attached hydrogen (secondary N) is 1. The highest BCUT2D eigenvalue weighted by atomic mass is 32.2. The number of anilines is 1. The molecular formula is C17H17N7O3S. The molecule has 1 aliphatic rings. The smallest absolute Gasteiger partial charge is 0.265 e. The molecule has 0 bridgehead atoms. The quantitative estimate of drug-likeness (QED) is 0.558. The van der Waals surface area contributed by atoms with Crippen molar-refractivity contribution in [2.75, 3.05) is 11.3 Å². The lowest BCUT2D eigenvalue weighted by atomic mass is 10.2. The van der Waals surface area contributed by atoms with Crippen molar-refractivity contribution >= 4 is 26.6 Å².